The third-order valence-corrected chi connectivity index (χ3v) is 22.6. The molecule has 3 atom stereocenters. The fourth-order valence-corrected chi connectivity index (χ4v) is 15.2. The van der Waals surface area contributed by atoms with Crippen LogP contribution in [0, 0.1) is 0 Å². The molecule has 1 saturated heterocycles. The van der Waals surface area contributed by atoms with E-state index in [1.165, 1.54) is 5.39 Å². The Morgan fingerprint density at radius 2 is 0.722 bits per heavy atom. The van der Waals surface area contributed by atoms with Crippen LogP contribution in [0.15, 0.2) is 158 Å². The Kier molecular flexibility index (Phi) is 23.1. The zero-order valence-corrected chi connectivity index (χ0v) is 59.8. The van der Waals surface area contributed by atoms with E-state index in [4.69, 9.17) is 49.8 Å². The Bertz CT molecular complexity index is 3720. The number of hydrogen-bond donors (Lipinski definition) is 0. The van der Waals surface area contributed by atoms with Crippen LogP contribution in [0.25, 0.3) is 32.3 Å². The lowest BCUT2D eigenvalue weighted by Gasteiger charge is -2.33. The highest BCUT2D eigenvalue weighted by Crippen LogP contribution is 2.61. The van der Waals surface area contributed by atoms with Gasteiger partial charge in [0.25, 0.3) is 42.5 Å². The molecule has 0 amide bonds. The minimum Gasteiger partial charge on any atom is -0.440 e. The van der Waals surface area contributed by atoms with Crippen molar-refractivity contribution in [3.8, 4) is 40.2 Å². The predicted octanol–water partition coefficient (Wildman–Crippen LogP) is 22.2. The highest BCUT2D eigenvalue weighted by atomic mass is 31.2. The molecule has 0 aromatic heterocycles. The molecule has 478 valence electrons. The van der Waals surface area contributed by atoms with Gasteiger partial charge in [-0.15, -0.1) is 0 Å². The van der Waals surface area contributed by atoms with Crippen molar-refractivity contribution in [2.24, 2.45) is 0 Å². The minimum absolute atomic E-state index is 0.0189. The normalized spacial score (nSPS) is 17.6. The van der Waals surface area contributed by atoms with Gasteiger partial charge >= 0.3 is 17.9 Å². The van der Waals surface area contributed by atoms with Gasteiger partial charge in [-0.1, -0.05) is 138 Å². The number of rotatable bonds is 0. The van der Waals surface area contributed by atoms with Crippen LogP contribution in [0.5, 0.6) is 40.2 Å². The minimum atomic E-state index is -1.26. The second-order valence-electron chi connectivity index (χ2n) is 25.6. The van der Waals surface area contributed by atoms with E-state index in [2.05, 4.69) is 79.0 Å². The molecule has 0 N–H and O–H groups in total. The fraction of sp³-hybridized carbons (Fsp3) is 0.348. The summed E-state index contributed by atoms with van der Waals surface area (Å²) in [5, 5.41) is 6.30. The Balaban J connectivity index is 0.000000141. The summed E-state index contributed by atoms with van der Waals surface area (Å²) in [6.45, 7) is 36.9. The first-order valence-electron chi connectivity index (χ1n) is 29.7. The quantitative estimate of drug-likeness (QED) is 0.132. The second kappa shape index (κ2) is 29.8. The lowest BCUT2D eigenvalue weighted by molar-refractivity contribution is 0.0704. The van der Waals surface area contributed by atoms with Gasteiger partial charge in [0.15, 0.2) is 19.9 Å². The highest BCUT2D eigenvalue weighted by molar-refractivity contribution is 7.51. The van der Waals surface area contributed by atoms with E-state index in [0.717, 1.165) is 63.1 Å². The Labute approximate surface area is 538 Å². The number of para-hydroxylation sites is 3. The zero-order valence-electron chi connectivity index (χ0n) is 54.3. The number of carbonyl (C=O) groups is 3. The fourth-order valence-electron chi connectivity index (χ4n) is 8.48. The summed E-state index contributed by atoms with van der Waals surface area (Å²) >= 11 is 0. The summed E-state index contributed by atoms with van der Waals surface area (Å²) in [5.41, 5.74) is 1.54. The summed E-state index contributed by atoms with van der Waals surface area (Å²) in [5.74, 6) is 4.70. The lowest BCUT2D eigenvalue weighted by atomic mass is 10.1. The van der Waals surface area contributed by atoms with Crippen molar-refractivity contribution in [1.29, 1.82) is 0 Å². The van der Waals surface area contributed by atoms with Crippen molar-refractivity contribution < 1.29 is 68.7 Å². The molecule has 15 nitrogen and oxygen atoms in total. The molecule has 6 aliphatic rings. The van der Waals surface area contributed by atoms with Gasteiger partial charge in [0.1, 0.15) is 45.4 Å². The summed E-state index contributed by atoms with van der Waals surface area (Å²) in [4.78, 5) is 35.2. The van der Waals surface area contributed by atoms with Gasteiger partial charge in [-0.05, 0) is 159 Å². The summed E-state index contributed by atoms with van der Waals surface area (Å²) < 4.78 is 66.7. The van der Waals surface area contributed by atoms with Gasteiger partial charge in [0, 0.05) is 10.5 Å². The molecular weight excluding hydrogens is 1250 g/mol. The molecule has 6 heterocycles. The molecule has 0 spiro atoms. The number of carbonyl (C=O) groups excluding carboxylic acids is 3. The third kappa shape index (κ3) is 17.8. The molecule has 90 heavy (non-hydrogen) atoms. The molecule has 8 aromatic carbocycles. The van der Waals surface area contributed by atoms with E-state index < -0.39 is 41.9 Å². The van der Waals surface area contributed by atoms with Gasteiger partial charge in [-0.2, -0.15) is 0 Å². The lowest BCUT2D eigenvalue weighted by Crippen LogP contribution is -2.23. The van der Waals surface area contributed by atoms with Crippen molar-refractivity contribution in [2.75, 3.05) is 13.2 Å². The Hall–Kier alpha value is -5.95. The smallest absolute Gasteiger partial charge is 0.347 e. The molecule has 8 aromatic rings. The van der Waals surface area contributed by atoms with Crippen LogP contribution in [-0.4, -0.2) is 56.9 Å². The topological polar surface area (TPSA) is 162 Å². The van der Waals surface area contributed by atoms with Crippen LogP contribution < -0.4 is 31.7 Å². The first-order valence-corrected chi connectivity index (χ1v) is 36.4. The van der Waals surface area contributed by atoms with Crippen molar-refractivity contribution in [2.45, 2.75) is 143 Å². The molecular formula is C69H82O15P6. The monoisotopic (exact) mass is 1340 g/mol. The van der Waals surface area contributed by atoms with Crippen LogP contribution in [0.3, 0.4) is 0 Å². The first kappa shape index (κ1) is 69.9. The Morgan fingerprint density at radius 1 is 0.322 bits per heavy atom. The van der Waals surface area contributed by atoms with Crippen LogP contribution in [0.4, 0.5) is 0 Å². The molecule has 0 saturated carbocycles. The van der Waals surface area contributed by atoms with Crippen molar-refractivity contribution in [1.82, 2.24) is 0 Å². The maximum absolute atomic E-state index is 12.1. The zero-order chi connectivity index (χ0) is 65.3. The van der Waals surface area contributed by atoms with E-state index >= 15 is 0 Å². The number of hydrogen-bond acceptors (Lipinski definition) is 15. The van der Waals surface area contributed by atoms with E-state index in [1.54, 1.807) is 24.3 Å². The molecule has 14 rings (SSSR count). The van der Waals surface area contributed by atoms with Gasteiger partial charge in [-0.25, -0.2) is 14.4 Å². The average Bonchev–Trinajstić information content (AvgIpc) is 1.60. The largest absolute Gasteiger partial charge is 0.440 e. The summed E-state index contributed by atoms with van der Waals surface area (Å²) in [7, 11) is -5.03. The van der Waals surface area contributed by atoms with Crippen molar-refractivity contribution in [3.63, 3.8) is 0 Å². The maximum atomic E-state index is 12.1. The van der Waals surface area contributed by atoms with E-state index in [-0.39, 0.29) is 52.7 Å². The van der Waals surface area contributed by atoms with E-state index in [1.807, 2.05) is 177 Å². The maximum Gasteiger partial charge on any atom is 0.347 e. The first-order chi connectivity index (χ1) is 42.5. The molecule has 21 heteroatoms. The molecule has 0 bridgehead atoms. The summed E-state index contributed by atoms with van der Waals surface area (Å²) in [6.07, 6.45) is 0. The van der Waals surface area contributed by atoms with Crippen LogP contribution in [0.1, 0.15) is 149 Å². The number of benzene rings is 8. The second-order valence-corrected chi connectivity index (χ2v) is 37.4. The third-order valence-electron chi connectivity index (χ3n) is 12.9. The van der Waals surface area contributed by atoms with Crippen molar-refractivity contribution in [3.05, 3.63) is 174 Å². The van der Waals surface area contributed by atoms with Crippen molar-refractivity contribution >= 4 is 101 Å². The van der Waals surface area contributed by atoms with Crippen LogP contribution in [0.2, 0.25) is 0 Å². The standard InChI is InChI=1S/2C15H15O3P.C14H15O2P.C10H13O2P.C7H5O3P.C6H13O2P.C2H6/c1-15(2,3)19-17-13-9-11-7-5-4-6-10(11)8-12(13)14(16)18-19;1-15(2,3)19-17-13-11-7-5-4-6-10(11)8-9-12(13)14(16)18-19;1-14(2,3)17-15-11-8-4-6-10-7-5-9-12(16-17)13(10)11;1-10(2,3)13-11-8-6-4-5-7-9(8)12-13;8-7-5-3-1-2-4-6(5)9-11-10-7;1-6(2,3)9-7-4-5-8-9;1-2/h2*4-9H,1-3H3;4-9H,1-3H3;4-7H,1-3H3;1-4,11H;4-5H2,1-3H3;1-2H3. The van der Waals surface area contributed by atoms with Gasteiger partial charge in [0.2, 0.25) is 0 Å². The van der Waals surface area contributed by atoms with E-state index in [0.29, 0.717) is 33.9 Å². The average molecular weight is 1340 g/mol. The van der Waals surface area contributed by atoms with Crippen LogP contribution in [-0.2, 0) is 22.6 Å². The molecule has 0 aliphatic carbocycles. The highest BCUT2D eigenvalue weighted by Gasteiger charge is 2.41. The SMILES string of the molecule is CC.CC(C)(C)P1OC(=O)c2cc3ccccc3cc2O1.CC(C)(C)P1OC(=O)c2ccc3ccccc3c2O1.CC(C)(C)P1OCCO1.CC(C)(C)P1Oc2cccc3cccc(c23)O1.CC(C)(C)P1Oc2ccccc2O1.O=C1OPOc2ccccc21. The van der Waals surface area contributed by atoms with Gasteiger partial charge < -0.3 is 54.3 Å². The number of fused-ring (bicyclic) bond motifs is 7. The Morgan fingerprint density at radius 3 is 1.23 bits per heavy atom. The molecule has 0 radical (unpaired) electrons. The molecule has 3 unspecified atom stereocenters. The van der Waals surface area contributed by atoms with Crippen LogP contribution >= 0.6 is 50.9 Å². The predicted molar refractivity (Wildman–Crippen MR) is 370 cm³/mol. The molecule has 1 fully saturated rings. The van der Waals surface area contributed by atoms with E-state index in [9.17, 15) is 14.4 Å². The van der Waals surface area contributed by atoms with Gasteiger partial charge in [0.05, 0.1) is 39.2 Å². The molecule has 6 aliphatic heterocycles. The summed E-state index contributed by atoms with van der Waals surface area (Å²) in [6, 6.07) is 50.4. The van der Waals surface area contributed by atoms with Gasteiger partial charge in [-0.3, -0.25) is 0 Å².